The molecule has 0 saturated carbocycles. The summed E-state index contributed by atoms with van der Waals surface area (Å²) in [4.78, 5) is 17.9. The number of nitrogens with one attached hydrogen (secondary N) is 2. The minimum atomic E-state index is -0.164. The molecule has 0 aliphatic heterocycles. The Morgan fingerprint density at radius 2 is 2.33 bits per heavy atom. The van der Waals surface area contributed by atoms with Crippen molar-refractivity contribution in [2.45, 2.75) is 25.8 Å². The van der Waals surface area contributed by atoms with Gasteiger partial charge in [0.25, 0.3) is 5.56 Å². The molecule has 0 aliphatic carbocycles. The van der Waals surface area contributed by atoms with Crippen LogP contribution < -0.4 is 10.9 Å². The zero-order chi connectivity index (χ0) is 11.5. The second-order valence-electron chi connectivity index (χ2n) is 3.84. The van der Waals surface area contributed by atoms with Crippen molar-refractivity contribution >= 4 is 40.0 Å². The maximum absolute atomic E-state index is 11.3. The highest BCUT2D eigenvalue weighted by Crippen LogP contribution is 2.18. The zero-order valence-electron chi connectivity index (χ0n) is 8.60. The number of aromatic nitrogens is 2. The smallest absolute Gasteiger partial charge is 0.266 e. The number of halogens is 2. The van der Waals surface area contributed by atoms with Crippen LogP contribution >= 0.6 is 34.2 Å². The summed E-state index contributed by atoms with van der Waals surface area (Å²) >= 11 is 7.66. The lowest BCUT2D eigenvalue weighted by atomic mass is 10.0. The van der Waals surface area contributed by atoms with Crippen molar-refractivity contribution in [3.8, 4) is 0 Å². The predicted molar refractivity (Wildman–Crippen MR) is 70.6 cm³/mol. The standard InChI is InChI=1S/C9H13ClIN3O/c1-9(2,3-4-10)14-7-6(11)8(15)13-5-12-7/h5H,3-4H2,1-2H3,(H2,12,13,14,15). The van der Waals surface area contributed by atoms with E-state index in [0.29, 0.717) is 15.3 Å². The number of H-pyrrole nitrogens is 1. The largest absolute Gasteiger partial charge is 0.364 e. The first-order chi connectivity index (χ1) is 6.96. The molecule has 2 N–H and O–H groups in total. The quantitative estimate of drug-likeness (QED) is 0.652. The maximum Gasteiger partial charge on any atom is 0.266 e. The van der Waals surface area contributed by atoms with Gasteiger partial charge in [-0.15, -0.1) is 11.6 Å². The van der Waals surface area contributed by atoms with Crippen molar-refractivity contribution < 1.29 is 0 Å². The molecular weight excluding hydrogens is 328 g/mol. The van der Waals surface area contributed by atoms with E-state index in [1.807, 2.05) is 36.4 Å². The van der Waals surface area contributed by atoms with Gasteiger partial charge in [-0.2, -0.15) is 0 Å². The summed E-state index contributed by atoms with van der Waals surface area (Å²) in [6, 6.07) is 0. The molecule has 0 amide bonds. The first-order valence-electron chi connectivity index (χ1n) is 4.53. The molecule has 0 aliphatic rings. The Kier molecular flexibility index (Phi) is 4.39. The number of alkyl halides is 1. The molecule has 4 nitrogen and oxygen atoms in total. The van der Waals surface area contributed by atoms with Crippen molar-refractivity contribution in [3.05, 3.63) is 20.3 Å². The Labute approximate surface area is 107 Å². The average molecular weight is 342 g/mol. The van der Waals surface area contributed by atoms with Gasteiger partial charge >= 0.3 is 0 Å². The zero-order valence-corrected chi connectivity index (χ0v) is 11.5. The number of nitrogens with zero attached hydrogens (tertiary/aromatic N) is 1. The van der Waals surface area contributed by atoms with Crippen LogP contribution in [0.25, 0.3) is 0 Å². The van der Waals surface area contributed by atoms with Gasteiger partial charge in [-0.05, 0) is 42.9 Å². The van der Waals surface area contributed by atoms with Crippen LogP contribution in [0.4, 0.5) is 5.82 Å². The lowest BCUT2D eigenvalue weighted by Gasteiger charge is -2.26. The molecule has 84 valence electrons. The van der Waals surface area contributed by atoms with Gasteiger partial charge < -0.3 is 10.3 Å². The van der Waals surface area contributed by atoms with Crippen LogP contribution in [0.1, 0.15) is 20.3 Å². The van der Waals surface area contributed by atoms with E-state index in [4.69, 9.17) is 11.6 Å². The van der Waals surface area contributed by atoms with Crippen molar-refractivity contribution in [3.63, 3.8) is 0 Å². The van der Waals surface area contributed by atoms with Crippen LogP contribution in [0.5, 0.6) is 0 Å². The molecule has 1 aromatic rings. The number of rotatable bonds is 4. The molecule has 1 aromatic heterocycles. The van der Waals surface area contributed by atoms with E-state index in [2.05, 4.69) is 15.3 Å². The number of hydrogen-bond donors (Lipinski definition) is 2. The molecular formula is C9H13ClIN3O. The summed E-state index contributed by atoms with van der Waals surface area (Å²) in [5.74, 6) is 1.18. The molecule has 1 rings (SSSR count). The minimum absolute atomic E-state index is 0.130. The molecule has 15 heavy (non-hydrogen) atoms. The van der Waals surface area contributed by atoms with Gasteiger partial charge in [-0.1, -0.05) is 0 Å². The summed E-state index contributed by atoms with van der Waals surface area (Å²) in [7, 11) is 0. The molecule has 0 spiro atoms. The third-order valence-electron chi connectivity index (χ3n) is 1.97. The number of hydrogen-bond acceptors (Lipinski definition) is 3. The van der Waals surface area contributed by atoms with Crippen LogP contribution in [0.15, 0.2) is 11.1 Å². The summed E-state index contributed by atoms with van der Waals surface area (Å²) in [6.07, 6.45) is 2.20. The summed E-state index contributed by atoms with van der Waals surface area (Å²) in [6.45, 7) is 4.04. The Balaban J connectivity index is 2.90. The van der Waals surface area contributed by atoms with Crippen molar-refractivity contribution in [1.29, 1.82) is 0 Å². The van der Waals surface area contributed by atoms with E-state index in [-0.39, 0.29) is 11.1 Å². The lowest BCUT2D eigenvalue weighted by molar-refractivity contribution is 0.547. The monoisotopic (exact) mass is 341 g/mol. The second kappa shape index (κ2) is 5.16. The van der Waals surface area contributed by atoms with Gasteiger partial charge in [0.05, 0.1) is 6.33 Å². The molecule has 0 aromatic carbocycles. The van der Waals surface area contributed by atoms with Crippen LogP contribution in [0, 0.1) is 3.57 Å². The molecule has 0 fully saturated rings. The van der Waals surface area contributed by atoms with Crippen molar-refractivity contribution in [1.82, 2.24) is 9.97 Å². The topological polar surface area (TPSA) is 57.8 Å². The third kappa shape index (κ3) is 3.64. The highest BCUT2D eigenvalue weighted by Gasteiger charge is 2.19. The van der Waals surface area contributed by atoms with Gasteiger partial charge in [0.15, 0.2) is 0 Å². The maximum atomic E-state index is 11.3. The molecule has 1 heterocycles. The third-order valence-corrected chi connectivity index (χ3v) is 3.16. The summed E-state index contributed by atoms with van der Waals surface area (Å²) < 4.78 is 0.567. The first kappa shape index (κ1) is 12.8. The van der Waals surface area contributed by atoms with Crippen LogP contribution in [-0.2, 0) is 0 Å². The Hall–Kier alpha value is -0.300. The molecule has 0 bridgehead atoms. The van der Waals surface area contributed by atoms with Crippen LogP contribution in [0.3, 0.4) is 0 Å². The highest BCUT2D eigenvalue weighted by atomic mass is 127. The average Bonchev–Trinajstić information content (AvgIpc) is 2.12. The Morgan fingerprint density at radius 1 is 1.67 bits per heavy atom. The van der Waals surface area contributed by atoms with Gasteiger partial charge in [-0.25, -0.2) is 4.98 Å². The van der Waals surface area contributed by atoms with Gasteiger partial charge in [-0.3, -0.25) is 4.79 Å². The van der Waals surface area contributed by atoms with E-state index >= 15 is 0 Å². The molecule has 6 heteroatoms. The van der Waals surface area contributed by atoms with E-state index < -0.39 is 0 Å². The summed E-state index contributed by atoms with van der Waals surface area (Å²) in [5.41, 5.74) is -0.294. The van der Waals surface area contributed by atoms with Gasteiger partial charge in [0.2, 0.25) is 0 Å². The van der Waals surface area contributed by atoms with E-state index in [1.165, 1.54) is 6.33 Å². The van der Waals surface area contributed by atoms with Crippen molar-refractivity contribution in [2.24, 2.45) is 0 Å². The highest BCUT2D eigenvalue weighted by molar-refractivity contribution is 14.1. The normalized spacial score (nSPS) is 11.5. The molecule has 0 unspecified atom stereocenters. The lowest BCUT2D eigenvalue weighted by Crippen LogP contribution is -2.33. The number of aromatic amines is 1. The van der Waals surface area contributed by atoms with Gasteiger partial charge in [0, 0.05) is 11.4 Å². The fourth-order valence-electron chi connectivity index (χ4n) is 1.09. The van der Waals surface area contributed by atoms with E-state index in [0.717, 1.165) is 6.42 Å². The fourth-order valence-corrected chi connectivity index (χ4v) is 1.99. The van der Waals surface area contributed by atoms with E-state index in [9.17, 15) is 4.79 Å². The molecule has 0 saturated heterocycles. The Morgan fingerprint density at radius 3 is 2.93 bits per heavy atom. The van der Waals surface area contributed by atoms with Crippen LogP contribution in [-0.4, -0.2) is 21.4 Å². The van der Waals surface area contributed by atoms with E-state index in [1.54, 1.807) is 0 Å². The fraction of sp³-hybridized carbons (Fsp3) is 0.556. The SMILES string of the molecule is CC(C)(CCCl)Nc1nc[nH]c(=O)c1I. The Bertz CT molecular complexity index is 391. The minimum Gasteiger partial charge on any atom is -0.364 e. The van der Waals surface area contributed by atoms with Crippen molar-refractivity contribution in [2.75, 3.05) is 11.2 Å². The van der Waals surface area contributed by atoms with Gasteiger partial charge in [0.1, 0.15) is 9.39 Å². The molecule has 0 radical (unpaired) electrons. The summed E-state index contributed by atoms with van der Waals surface area (Å²) in [5, 5.41) is 3.21. The number of anilines is 1. The first-order valence-corrected chi connectivity index (χ1v) is 6.15. The van der Waals surface area contributed by atoms with Crippen LogP contribution in [0.2, 0.25) is 0 Å². The molecule has 0 atom stereocenters. The second-order valence-corrected chi connectivity index (χ2v) is 5.30. The predicted octanol–water partition coefficient (Wildman–Crippen LogP) is 2.19.